The van der Waals surface area contributed by atoms with Gasteiger partial charge in [0.15, 0.2) is 0 Å². The molecule has 1 aliphatic heterocycles. The summed E-state index contributed by atoms with van der Waals surface area (Å²) in [6.45, 7) is 10.3. The van der Waals surface area contributed by atoms with Crippen LogP contribution in [0.15, 0.2) is 47.3 Å². The average molecular weight is 709 g/mol. The summed E-state index contributed by atoms with van der Waals surface area (Å²) in [7, 11) is 3.37. The molecular formula is C33H43BrN9O2P. The topological polar surface area (TPSA) is 112 Å². The Balaban J connectivity index is 1.22. The maximum Gasteiger partial charge on any atom is 0.229 e. The van der Waals surface area contributed by atoms with E-state index in [1.54, 1.807) is 39.0 Å². The molecule has 0 atom stereocenters. The van der Waals surface area contributed by atoms with Crippen LogP contribution in [-0.2, 0) is 11.0 Å². The Hall–Kier alpha value is -3.31. The van der Waals surface area contributed by atoms with E-state index in [1.807, 2.05) is 12.1 Å². The van der Waals surface area contributed by atoms with E-state index in [0.717, 1.165) is 44.0 Å². The third kappa shape index (κ3) is 6.72. The van der Waals surface area contributed by atoms with Gasteiger partial charge in [-0.25, -0.2) is 4.98 Å². The zero-order chi connectivity index (χ0) is 32.6. The molecule has 0 spiro atoms. The van der Waals surface area contributed by atoms with Crippen LogP contribution in [0.3, 0.4) is 0 Å². The summed E-state index contributed by atoms with van der Waals surface area (Å²) in [6.07, 6.45) is 8.19. The van der Waals surface area contributed by atoms with Crippen LogP contribution in [0.5, 0.6) is 5.75 Å². The number of hydrogen-bond acceptors (Lipinski definition) is 11. The zero-order valence-corrected chi connectivity index (χ0v) is 29.9. The van der Waals surface area contributed by atoms with Gasteiger partial charge in [0.05, 0.1) is 33.8 Å². The lowest BCUT2D eigenvalue weighted by molar-refractivity contribution is 0.0608. The standard InChI is InChI=1S/C33H43BrN9O2P/c1-7-21-16-27(29(45-4)19-28(21)42(3)22-17-23(18-22)43-14-12-41(2)13-15-43)39-33-37-20-24(34)32(40-33)38-26-9-8-25-30(36-11-10-35-25)31(26)46(5,6)44/h8-11,16,19-20,22-23H,7,12-15,17-18H2,1-6H3,(H2,37,38,39,40). The monoisotopic (exact) mass is 707 g/mol. The van der Waals surface area contributed by atoms with Crippen molar-refractivity contribution in [3.05, 3.63) is 52.9 Å². The fraction of sp³-hybridized carbons (Fsp3) is 0.455. The number of methoxy groups -OCH3 is 1. The number of benzene rings is 2. The lowest BCUT2D eigenvalue weighted by Gasteiger charge is -2.49. The number of nitrogens with one attached hydrogen (secondary N) is 2. The van der Waals surface area contributed by atoms with Gasteiger partial charge in [0, 0.05) is 75.7 Å². The predicted molar refractivity (Wildman–Crippen MR) is 192 cm³/mol. The Labute approximate surface area is 279 Å². The van der Waals surface area contributed by atoms with E-state index < -0.39 is 7.14 Å². The number of aryl methyl sites for hydroxylation is 1. The summed E-state index contributed by atoms with van der Waals surface area (Å²) in [5, 5.41) is 7.40. The normalized spacial score (nSPS) is 19.1. The lowest BCUT2D eigenvalue weighted by Crippen LogP contribution is -2.57. The SMILES string of the molecule is CCc1cc(Nc2ncc(Br)c(Nc3ccc4nccnc4c3P(C)(C)=O)n2)c(OC)cc1N(C)C1CC(N2CCN(C)CC2)C1. The maximum absolute atomic E-state index is 13.4. The van der Waals surface area contributed by atoms with Gasteiger partial charge in [0.1, 0.15) is 24.2 Å². The average Bonchev–Trinajstić information content (AvgIpc) is 3.01. The number of likely N-dealkylation sites (N-methyl/N-ethyl adjacent to an activating group) is 1. The second-order valence-electron chi connectivity index (χ2n) is 12.6. The molecule has 46 heavy (non-hydrogen) atoms. The molecule has 1 aliphatic carbocycles. The van der Waals surface area contributed by atoms with E-state index in [0.29, 0.717) is 50.3 Å². The fourth-order valence-electron chi connectivity index (χ4n) is 6.48. The number of hydrogen-bond donors (Lipinski definition) is 2. The van der Waals surface area contributed by atoms with Crippen LogP contribution in [0.2, 0.25) is 0 Å². The molecule has 2 aliphatic rings. The second kappa shape index (κ2) is 13.4. The van der Waals surface area contributed by atoms with Gasteiger partial charge in [0.2, 0.25) is 5.95 Å². The molecule has 0 radical (unpaired) electrons. The van der Waals surface area contributed by atoms with E-state index in [1.165, 1.54) is 24.1 Å². The van der Waals surface area contributed by atoms with E-state index in [2.05, 4.69) is 89.4 Å². The van der Waals surface area contributed by atoms with Crippen LogP contribution < -0.4 is 25.6 Å². The molecule has 1 saturated carbocycles. The van der Waals surface area contributed by atoms with Gasteiger partial charge in [-0.05, 0) is 79.3 Å². The molecule has 1 saturated heterocycles. The van der Waals surface area contributed by atoms with Crippen LogP contribution in [0.4, 0.5) is 28.8 Å². The molecule has 0 amide bonds. The van der Waals surface area contributed by atoms with Crippen LogP contribution in [0, 0.1) is 0 Å². The van der Waals surface area contributed by atoms with Gasteiger partial charge < -0.3 is 29.7 Å². The van der Waals surface area contributed by atoms with Gasteiger partial charge >= 0.3 is 0 Å². The number of ether oxygens (including phenoxy) is 1. The minimum Gasteiger partial charge on any atom is -0.494 e. The quantitative estimate of drug-likeness (QED) is 0.198. The van der Waals surface area contributed by atoms with Crippen LogP contribution in [0.1, 0.15) is 25.3 Å². The molecule has 13 heteroatoms. The van der Waals surface area contributed by atoms with Crippen LogP contribution in [-0.4, -0.2) is 103 Å². The van der Waals surface area contributed by atoms with Crippen molar-refractivity contribution in [2.75, 3.05) is 76.2 Å². The van der Waals surface area contributed by atoms with Crippen molar-refractivity contribution < 1.29 is 9.30 Å². The van der Waals surface area contributed by atoms with E-state index >= 15 is 0 Å². The molecule has 2 N–H and O–H groups in total. The van der Waals surface area contributed by atoms with Crippen molar-refractivity contribution in [3.63, 3.8) is 0 Å². The predicted octanol–water partition coefficient (Wildman–Crippen LogP) is 5.70. The Kier molecular flexibility index (Phi) is 9.53. The molecule has 2 aromatic carbocycles. The minimum absolute atomic E-state index is 0.402. The highest BCUT2D eigenvalue weighted by atomic mass is 79.9. The highest BCUT2D eigenvalue weighted by Crippen LogP contribution is 2.42. The molecule has 0 unspecified atom stereocenters. The highest BCUT2D eigenvalue weighted by Gasteiger charge is 2.37. The molecule has 0 bridgehead atoms. The van der Waals surface area contributed by atoms with Gasteiger partial charge in [0.25, 0.3) is 0 Å². The Morgan fingerprint density at radius 1 is 1.04 bits per heavy atom. The number of fused-ring (bicyclic) bond motifs is 1. The number of aromatic nitrogens is 4. The molecule has 3 heterocycles. The van der Waals surface area contributed by atoms with Crippen molar-refractivity contribution in [1.82, 2.24) is 29.7 Å². The fourth-order valence-corrected chi connectivity index (χ4v) is 8.16. The van der Waals surface area contributed by atoms with Crippen molar-refractivity contribution in [3.8, 4) is 5.75 Å². The van der Waals surface area contributed by atoms with Crippen molar-refractivity contribution in [1.29, 1.82) is 0 Å². The largest absolute Gasteiger partial charge is 0.494 e. The molecule has 2 aromatic heterocycles. The first kappa shape index (κ1) is 32.6. The molecule has 11 nitrogen and oxygen atoms in total. The summed E-state index contributed by atoms with van der Waals surface area (Å²) in [5.41, 5.74) is 5.19. The molecule has 244 valence electrons. The summed E-state index contributed by atoms with van der Waals surface area (Å²) < 4.78 is 20.0. The first-order valence-electron chi connectivity index (χ1n) is 15.8. The summed E-state index contributed by atoms with van der Waals surface area (Å²) in [4.78, 5) is 25.7. The Morgan fingerprint density at radius 2 is 1.78 bits per heavy atom. The van der Waals surface area contributed by atoms with Gasteiger partial charge in [-0.1, -0.05) is 6.92 Å². The summed E-state index contributed by atoms with van der Waals surface area (Å²) in [5.74, 6) is 1.66. The van der Waals surface area contributed by atoms with Gasteiger partial charge in [-0.3, -0.25) is 14.9 Å². The summed E-state index contributed by atoms with van der Waals surface area (Å²) in [6, 6.07) is 9.19. The van der Waals surface area contributed by atoms with Gasteiger partial charge in [-0.2, -0.15) is 4.98 Å². The van der Waals surface area contributed by atoms with Crippen LogP contribution in [0.25, 0.3) is 11.0 Å². The number of anilines is 5. The number of halogens is 1. The Morgan fingerprint density at radius 3 is 2.48 bits per heavy atom. The smallest absolute Gasteiger partial charge is 0.229 e. The second-order valence-corrected chi connectivity index (χ2v) is 16.6. The summed E-state index contributed by atoms with van der Waals surface area (Å²) >= 11 is 3.58. The maximum atomic E-state index is 13.4. The van der Waals surface area contributed by atoms with Crippen molar-refractivity contribution in [2.24, 2.45) is 0 Å². The molecular weight excluding hydrogens is 665 g/mol. The number of nitrogens with zero attached hydrogens (tertiary/aromatic N) is 7. The molecule has 6 rings (SSSR count). The minimum atomic E-state index is -2.74. The molecule has 2 fully saturated rings. The third-order valence-electron chi connectivity index (χ3n) is 9.25. The Bertz CT molecular complexity index is 1770. The van der Waals surface area contributed by atoms with Crippen molar-refractivity contribution >= 4 is 68.2 Å². The lowest BCUT2D eigenvalue weighted by atomic mass is 9.83. The van der Waals surface area contributed by atoms with E-state index in [-0.39, 0.29) is 0 Å². The molecule has 4 aromatic rings. The van der Waals surface area contributed by atoms with E-state index in [4.69, 9.17) is 9.72 Å². The van der Waals surface area contributed by atoms with Gasteiger partial charge in [-0.15, -0.1) is 0 Å². The highest BCUT2D eigenvalue weighted by molar-refractivity contribution is 9.10. The van der Waals surface area contributed by atoms with Crippen molar-refractivity contribution in [2.45, 2.75) is 38.3 Å². The first-order chi connectivity index (χ1) is 22.0. The zero-order valence-electron chi connectivity index (χ0n) is 27.4. The van der Waals surface area contributed by atoms with Crippen LogP contribution >= 0.6 is 23.1 Å². The first-order valence-corrected chi connectivity index (χ1v) is 19.2. The van der Waals surface area contributed by atoms with E-state index in [9.17, 15) is 4.57 Å². The number of piperazine rings is 1. The number of rotatable bonds is 10. The third-order valence-corrected chi connectivity index (χ3v) is 11.4.